The van der Waals surface area contributed by atoms with Crippen molar-refractivity contribution in [2.24, 2.45) is 0 Å². The van der Waals surface area contributed by atoms with E-state index in [4.69, 9.17) is 0 Å². The van der Waals surface area contributed by atoms with Gasteiger partial charge in [0.2, 0.25) is 0 Å². The second kappa shape index (κ2) is 4.48. The lowest BCUT2D eigenvalue weighted by atomic mass is 10.3. The van der Waals surface area contributed by atoms with Crippen LogP contribution in [0.4, 0.5) is 0 Å². The van der Waals surface area contributed by atoms with Crippen LogP contribution in [0.5, 0.6) is 0 Å². The molecule has 0 aliphatic carbocycles. The fraction of sp³-hybridized carbons (Fsp3) is 0.444. The van der Waals surface area contributed by atoms with Crippen LogP contribution < -0.4 is 0 Å². The molecule has 0 radical (unpaired) electrons. The van der Waals surface area contributed by atoms with Gasteiger partial charge in [-0.05, 0) is 32.5 Å². The molecular weight excluding hydrogens is 168 g/mol. The minimum Gasteiger partial charge on any atom is -0.304 e. The van der Waals surface area contributed by atoms with Crippen LogP contribution in [0.15, 0.2) is 23.2 Å². The van der Waals surface area contributed by atoms with Gasteiger partial charge in [-0.2, -0.15) is 0 Å². The maximum Gasteiger partial charge on any atom is 0.0554 e. The summed E-state index contributed by atoms with van der Waals surface area (Å²) in [5.41, 5.74) is 1.13. The largest absolute Gasteiger partial charge is 0.304 e. The van der Waals surface area contributed by atoms with Gasteiger partial charge in [-0.3, -0.25) is 4.98 Å². The van der Waals surface area contributed by atoms with Gasteiger partial charge in [0, 0.05) is 17.6 Å². The molecule has 66 valence electrons. The van der Waals surface area contributed by atoms with Crippen molar-refractivity contribution in [1.29, 1.82) is 0 Å². The predicted octanol–water partition coefficient (Wildman–Crippen LogP) is 1.87. The molecule has 0 aliphatic heterocycles. The summed E-state index contributed by atoms with van der Waals surface area (Å²) in [5.74, 6) is 0. The molecule has 0 aliphatic rings. The van der Waals surface area contributed by atoms with Gasteiger partial charge in [-0.25, -0.2) is 0 Å². The molecular formula is C9H14N2S. The monoisotopic (exact) mass is 182 g/mol. The Kier molecular flexibility index (Phi) is 3.56. The van der Waals surface area contributed by atoms with E-state index >= 15 is 0 Å². The van der Waals surface area contributed by atoms with Gasteiger partial charge >= 0.3 is 0 Å². The number of nitrogens with zero attached hydrogens (tertiary/aromatic N) is 2. The summed E-state index contributed by atoms with van der Waals surface area (Å²) in [6.07, 6.45) is 3.94. The van der Waals surface area contributed by atoms with Crippen LogP contribution >= 0.6 is 11.8 Å². The third-order valence-corrected chi connectivity index (χ3v) is 2.23. The van der Waals surface area contributed by atoms with Crippen LogP contribution in [-0.4, -0.2) is 30.2 Å². The quantitative estimate of drug-likeness (QED) is 0.664. The number of pyridine rings is 1. The van der Waals surface area contributed by atoms with Gasteiger partial charge in [0.25, 0.3) is 0 Å². The third-order valence-electron chi connectivity index (χ3n) is 1.50. The highest BCUT2D eigenvalue weighted by molar-refractivity contribution is 7.98. The Hall–Kier alpha value is -0.540. The lowest BCUT2D eigenvalue weighted by Crippen LogP contribution is -2.11. The second-order valence-corrected chi connectivity index (χ2v) is 3.80. The first kappa shape index (κ1) is 9.55. The van der Waals surface area contributed by atoms with Gasteiger partial charge in [0.1, 0.15) is 0 Å². The number of hydrogen-bond donors (Lipinski definition) is 0. The molecule has 3 heteroatoms. The number of aromatic nitrogens is 1. The van der Waals surface area contributed by atoms with Crippen LogP contribution in [0.2, 0.25) is 0 Å². The summed E-state index contributed by atoms with van der Waals surface area (Å²) in [4.78, 5) is 7.67. The maximum absolute atomic E-state index is 4.27. The average Bonchev–Trinajstić information content (AvgIpc) is 2.03. The molecule has 2 nitrogen and oxygen atoms in total. The van der Waals surface area contributed by atoms with Gasteiger partial charge in [0.15, 0.2) is 0 Å². The van der Waals surface area contributed by atoms with Crippen molar-refractivity contribution in [2.75, 3.05) is 20.4 Å². The van der Waals surface area contributed by atoms with Crippen molar-refractivity contribution in [2.45, 2.75) is 11.4 Å². The summed E-state index contributed by atoms with van der Waals surface area (Å²) in [6.45, 7) is 0.911. The Balaban J connectivity index is 2.72. The molecule has 1 heterocycles. The minimum atomic E-state index is 0.911. The Morgan fingerprint density at radius 3 is 2.83 bits per heavy atom. The standard InChI is InChI=1S/C9H14N2S/c1-11(2)7-8-6-9(12-3)4-5-10-8/h4-6H,7H2,1-3H3. The van der Waals surface area contributed by atoms with E-state index < -0.39 is 0 Å². The first-order valence-electron chi connectivity index (χ1n) is 3.86. The molecule has 12 heavy (non-hydrogen) atoms. The van der Waals surface area contributed by atoms with Crippen LogP contribution in [0.25, 0.3) is 0 Å². The van der Waals surface area contributed by atoms with Crippen molar-refractivity contribution in [3.63, 3.8) is 0 Å². The van der Waals surface area contributed by atoms with Crippen molar-refractivity contribution in [1.82, 2.24) is 9.88 Å². The van der Waals surface area contributed by atoms with Crippen LogP contribution in [0.1, 0.15) is 5.69 Å². The van der Waals surface area contributed by atoms with E-state index in [1.807, 2.05) is 26.4 Å². The van der Waals surface area contributed by atoms with Crippen molar-refractivity contribution >= 4 is 11.8 Å². The molecule has 0 saturated carbocycles. The van der Waals surface area contributed by atoms with Crippen LogP contribution in [-0.2, 0) is 6.54 Å². The number of rotatable bonds is 3. The summed E-state index contributed by atoms with van der Waals surface area (Å²) < 4.78 is 0. The van der Waals surface area contributed by atoms with E-state index in [1.165, 1.54) is 4.90 Å². The topological polar surface area (TPSA) is 16.1 Å². The summed E-state index contributed by atoms with van der Waals surface area (Å²) in [5, 5.41) is 0. The normalized spacial score (nSPS) is 10.7. The molecule has 1 aromatic rings. The van der Waals surface area contributed by atoms with E-state index in [9.17, 15) is 0 Å². The molecule has 0 aromatic carbocycles. The second-order valence-electron chi connectivity index (χ2n) is 2.92. The SMILES string of the molecule is CSc1ccnc(CN(C)C)c1. The van der Waals surface area contributed by atoms with E-state index in [-0.39, 0.29) is 0 Å². The molecule has 0 amide bonds. The molecule has 1 aromatic heterocycles. The molecule has 0 spiro atoms. The zero-order valence-corrected chi connectivity index (χ0v) is 8.56. The van der Waals surface area contributed by atoms with E-state index in [0.29, 0.717) is 0 Å². The summed E-state index contributed by atoms with van der Waals surface area (Å²) in [6, 6.07) is 4.16. The highest BCUT2D eigenvalue weighted by Crippen LogP contribution is 2.14. The fourth-order valence-electron chi connectivity index (χ4n) is 0.993. The molecule has 0 atom stereocenters. The highest BCUT2D eigenvalue weighted by Gasteiger charge is 1.97. The first-order valence-corrected chi connectivity index (χ1v) is 5.08. The Morgan fingerprint density at radius 2 is 2.25 bits per heavy atom. The molecule has 0 unspecified atom stereocenters. The molecule has 0 bridgehead atoms. The van der Waals surface area contributed by atoms with Gasteiger partial charge in [-0.15, -0.1) is 11.8 Å². The lowest BCUT2D eigenvalue weighted by molar-refractivity contribution is 0.396. The number of thioether (sulfide) groups is 1. The minimum absolute atomic E-state index is 0.911. The Labute approximate surface area is 78.0 Å². The molecule has 0 saturated heterocycles. The maximum atomic E-state index is 4.27. The molecule has 0 fully saturated rings. The van der Waals surface area contributed by atoms with Gasteiger partial charge in [0.05, 0.1) is 5.69 Å². The first-order chi connectivity index (χ1) is 5.72. The van der Waals surface area contributed by atoms with E-state index in [2.05, 4.69) is 22.2 Å². The molecule has 1 rings (SSSR count). The number of hydrogen-bond acceptors (Lipinski definition) is 3. The zero-order valence-electron chi connectivity index (χ0n) is 7.74. The van der Waals surface area contributed by atoms with Crippen molar-refractivity contribution in [3.8, 4) is 0 Å². The Morgan fingerprint density at radius 1 is 1.50 bits per heavy atom. The summed E-state index contributed by atoms with van der Waals surface area (Å²) >= 11 is 1.75. The lowest BCUT2D eigenvalue weighted by Gasteiger charge is -2.08. The average molecular weight is 182 g/mol. The van der Waals surface area contributed by atoms with Gasteiger partial charge < -0.3 is 4.90 Å². The van der Waals surface area contributed by atoms with Crippen LogP contribution in [0.3, 0.4) is 0 Å². The van der Waals surface area contributed by atoms with E-state index in [1.54, 1.807) is 11.8 Å². The fourth-order valence-corrected chi connectivity index (χ4v) is 1.44. The zero-order chi connectivity index (χ0) is 8.97. The highest BCUT2D eigenvalue weighted by atomic mass is 32.2. The third kappa shape index (κ3) is 2.83. The molecule has 0 N–H and O–H groups in total. The Bertz CT molecular complexity index is 248. The predicted molar refractivity (Wildman–Crippen MR) is 53.4 cm³/mol. The summed E-state index contributed by atoms with van der Waals surface area (Å²) in [7, 11) is 4.10. The van der Waals surface area contributed by atoms with Crippen molar-refractivity contribution in [3.05, 3.63) is 24.0 Å². The van der Waals surface area contributed by atoms with Crippen LogP contribution in [0, 0.1) is 0 Å². The van der Waals surface area contributed by atoms with Gasteiger partial charge in [-0.1, -0.05) is 0 Å². The smallest absolute Gasteiger partial charge is 0.0554 e. The van der Waals surface area contributed by atoms with E-state index in [0.717, 1.165) is 12.2 Å². The van der Waals surface area contributed by atoms with Crippen molar-refractivity contribution < 1.29 is 0 Å².